The average molecular weight is 640 g/mol. The monoisotopic (exact) mass is 640 g/mol. The van der Waals surface area contributed by atoms with Crippen molar-refractivity contribution < 1.29 is 75.3 Å². The van der Waals surface area contributed by atoms with E-state index in [0.717, 1.165) is 12.8 Å². The number of rotatable bonds is 4. The topological polar surface area (TPSA) is 179 Å². The van der Waals surface area contributed by atoms with Gasteiger partial charge < -0.3 is 56.1 Å². The van der Waals surface area contributed by atoms with Gasteiger partial charge in [-0.1, -0.05) is 34.1 Å². The van der Waals surface area contributed by atoms with Gasteiger partial charge in [-0.25, -0.2) is 0 Å². The first-order valence-corrected chi connectivity index (χ1v) is 15.2. The van der Waals surface area contributed by atoms with Gasteiger partial charge in [-0.15, -0.1) is 0 Å². The zero-order chi connectivity index (χ0) is 32.5. The molecule has 248 valence electrons. The minimum Gasteiger partial charge on any atom is -0.484 e. The third-order valence-corrected chi connectivity index (χ3v) is 9.10. The van der Waals surface area contributed by atoms with E-state index in [0.29, 0.717) is 59.3 Å². The highest BCUT2D eigenvalue weighted by Crippen LogP contribution is 2.39. The Morgan fingerprint density at radius 1 is 0.644 bits per heavy atom. The van der Waals surface area contributed by atoms with Crippen molar-refractivity contribution in [3.05, 3.63) is 0 Å². The Labute approximate surface area is 262 Å². The van der Waals surface area contributed by atoms with Crippen LogP contribution in [0.15, 0.2) is 0 Å². The fourth-order valence-electron chi connectivity index (χ4n) is 5.45. The van der Waals surface area contributed by atoms with Crippen LogP contribution in [0.2, 0.25) is 0 Å². The van der Waals surface area contributed by atoms with Gasteiger partial charge in [-0.3, -0.25) is 19.2 Å². The summed E-state index contributed by atoms with van der Waals surface area (Å²) >= 11 is 0. The van der Waals surface area contributed by atoms with Crippen LogP contribution in [0.25, 0.3) is 0 Å². The quantitative estimate of drug-likeness (QED) is 0.305. The zero-order valence-corrected chi connectivity index (χ0v) is 26.2. The smallest absolute Gasteiger partial charge is 0.484 e. The van der Waals surface area contributed by atoms with Gasteiger partial charge in [0.15, 0.2) is 0 Å². The van der Waals surface area contributed by atoms with Crippen LogP contribution in [-0.4, -0.2) is 105 Å². The molecule has 45 heavy (non-hydrogen) atoms. The Morgan fingerprint density at radius 3 is 1.47 bits per heavy atom. The highest BCUT2D eigenvalue weighted by Gasteiger charge is 2.57. The molecule has 0 atom stereocenters. The number of esters is 1. The fourth-order valence-corrected chi connectivity index (χ4v) is 5.45. The van der Waals surface area contributed by atoms with Crippen LogP contribution in [0.3, 0.4) is 0 Å². The first-order valence-electron chi connectivity index (χ1n) is 15.2. The molecule has 0 aliphatic carbocycles. The molecule has 8 bridgehead atoms. The first-order chi connectivity index (χ1) is 21.4. The molecule has 0 aromatic heterocycles. The lowest BCUT2D eigenvalue weighted by Crippen LogP contribution is -2.60. The molecule has 12 rings (SSSR count). The van der Waals surface area contributed by atoms with Crippen molar-refractivity contribution in [3.63, 3.8) is 0 Å². The lowest BCUT2D eigenvalue weighted by Gasteiger charge is -2.44. The van der Waals surface area contributed by atoms with Gasteiger partial charge >= 0.3 is 52.3 Å². The van der Waals surface area contributed by atoms with E-state index < -0.39 is 50.1 Å². The predicted molar refractivity (Wildman–Crippen MR) is 148 cm³/mol. The summed E-state index contributed by atoms with van der Waals surface area (Å²) in [5.74, 6) is -0.546. The molecule has 0 aromatic carbocycles. The number of fused-ring (bicyclic) bond motifs is 12. The van der Waals surface area contributed by atoms with Crippen molar-refractivity contribution in [2.75, 3.05) is 52.9 Å². The van der Waals surface area contributed by atoms with Crippen molar-refractivity contribution in [2.45, 2.75) is 60.4 Å². The predicted octanol–water partition coefficient (Wildman–Crippen LogP) is 0.430. The molecular weight excluding hydrogens is 601 g/mol. The van der Waals surface area contributed by atoms with Crippen LogP contribution >= 0.6 is 0 Å². The van der Waals surface area contributed by atoms with Crippen LogP contribution < -0.4 is 0 Å². The summed E-state index contributed by atoms with van der Waals surface area (Å²) in [6, 6.07) is 0. The van der Waals surface area contributed by atoms with Crippen molar-refractivity contribution in [1.82, 2.24) is 0 Å². The molecule has 12 saturated heterocycles. The summed E-state index contributed by atoms with van der Waals surface area (Å²) < 4.78 is 59.9. The van der Waals surface area contributed by atoms with Gasteiger partial charge in [0.1, 0.15) is 21.7 Å². The van der Waals surface area contributed by atoms with E-state index in [1.807, 2.05) is 27.7 Å². The Kier molecular flexibility index (Phi) is 10.2. The summed E-state index contributed by atoms with van der Waals surface area (Å²) in [5, 5.41) is 0. The third-order valence-electron chi connectivity index (χ3n) is 9.10. The van der Waals surface area contributed by atoms with Crippen molar-refractivity contribution in [3.8, 4) is 0 Å². The molecule has 0 amide bonds. The summed E-state index contributed by atoms with van der Waals surface area (Å²) in [4.78, 5) is 45.0. The SMILES string of the molecule is CC(C)C12COB(OC1)OC2=O.CC12COB(OC1)OC2=O.CCC12COB(OC1)OC2=O.CCCC12COC(OC1)OC2=O. The second-order valence-corrected chi connectivity index (χ2v) is 12.8. The maximum Gasteiger partial charge on any atom is 0.715 e. The van der Waals surface area contributed by atoms with Gasteiger partial charge in [0.2, 0.25) is 0 Å². The van der Waals surface area contributed by atoms with Crippen LogP contribution in [0.5, 0.6) is 0 Å². The van der Waals surface area contributed by atoms with Crippen LogP contribution in [0.1, 0.15) is 53.9 Å². The highest BCUT2D eigenvalue weighted by molar-refractivity contribution is 6.41. The molecule has 0 aromatic rings. The molecule has 12 fully saturated rings. The van der Waals surface area contributed by atoms with Crippen LogP contribution in [-0.2, 0) is 75.3 Å². The number of hydrogen-bond donors (Lipinski definition) is 0. The fraction of sp³-hybridized carbons (Fsp3) is 0.846. The minimum atomic E-state index is -0.752. The standard InChI is InChI=1S/C8H12O4.C7H11BO4.C6H9BO4.C5H7BO4/c1-2-3-8-4-10-7(11-5-8)12-6(8)9;1-5(2)7-3-10-8(11-4-7)12-6(7)9;1-2-6-3-9-7(10-4-6)11-5(6)8;1-5-2-8-6(9-3-5)10-4(5)7/h7H,2-5H2,1H3;5H,3-4H2,1-2H3;2-4H2,1H3;2-3H2,1H3. The summed E-state index contributed by atoms with van der Waals surface area (Å²) in [5.41, 5.74) is -2.15. The molecule has 0 N–H and O–H groups in total. The summed E-state index contributed by atoms with van der Waals surface area (Å²) in [6.45, 7) is 12.4. The molecule has 0 radical (unpaired) electrons. The lowest BCUT2D eigenvalue weighted by molar-refractivity contribution is -0.361. The molecule has 19 heteroatoms. The van der Waals surface area contributed by atoms with E-state index in [-0.39, 0.29) is 29.8 Å². The lowest BCUT2D eigenvalue weighted by atomic mass is 9.75. The highest BCUT2D eigenvalue weighted by atomic mass is 16.9. The molecule has 0 unspecified atom stereocenters. The Morgan fingerprint density at radius 2 is 1.13 bits per heavy atom. The van der Waals surface area contributed by atoms with Crippen LogP contribution in [0, 0.1) is 27.6 Å². The van der Waals surface area contributed by atoms with E-state index in [1.165, 1.54) is 0 Å². The number of carbonyl (C=O) groups is 4. The second kappa shape index (κ2) is 13.5. The number of carbonyl (C=O) groups excluding carboxylic acids is 4. The molecule has 0 spiro atoms. The Bertz CT molecular complexity index is 1100. The van der Waals surface area contributed by atoms with Crippen molar-refractivity contribution in [1.29, 1.82) is 0 Å². The normalized spacial score (nSPS) is 30.5. The largest absolute Gasteiger partial charge is 0.715 e. The van der Waals surface area contributed by atoms with Gasteiger partial charge in [0.05, 0.1) is 52.9 Å². The van der Waals surface area contributed by atoms with E-state index in [2.05, 4.69) is 0 Å². The van der Waals surface area contributed by atoms with Crippen molar-refractivity contribution in [2.24, 2.45) is 27.6 Å². The molecule has 0 saturated carbocycles. The number of hydrogen-bond acceptors (Lipinski definition) is 16. The molecule has 12 aliphatic heterocycles. The van der Waals surface area contributed by atoms with E-state index in [9.17, 15) is 19.2 Å². The Balaban J connectivity index is 0.000000119. The second-order valence-electron chi connectivity index (χ2n) is 12.8. The van der Waals surface area contributed by atoms with E-state index >= 15 is 0 Å². The number of ether oxygens (including phenoxy) is 3. The Hall–Kier alpha value is -2.25. The average Bonchev–Trinajstić information content (AvgIpc) is 3.05. The zero-order valence-electron chi connectivity index (χ0n) is 26.2. The molecule has 12 heterocycles. The summed E-state index contributed by atoms with van der Waals surface area (Å²) in [7, 11) is -2.23. The van der Waals surface area contributed by atoms with Gasteiger partial charge in [0, 0.05) is 0 Å². The minimum absolute atomic E-state index is 0.160. The van der Waals surface area contributed by atoms with Crippen LogP contribution in [0.4, 0.5) is 0 Å². The third kappa shape index (κ3) is 6.77. The first kappa shape index (κ1) is 34.1. The summed E-state index contributed by atoms with van der Waals surface area (Å²) in [6.07, 6.45) is 2.42. The van der Waals surface area contributed by atoms with E-state index in [4.69, 9.17) is 56.1 Å². The maximum atomic E-state index is 11.4. The molecular formula is C26H39B3O16. The maximum absolute atomic E-state index is 11.4. The van der Waals surface area contributed by atoms with Gasteiger partial charge in [-0.2, -0.15) is 0 Å². The van der Waals surface area contributed by atoms with E-state index in [1.54, 1.807) is 6.92 Å². The molecule has 16 nitrogen and oxygen atoms in total. The van der Waals surface area contributed by atoms with Gasteiger partial charge in [-0.05, 0) is 25.7 Å². The van der Waals surface area contributed by atoms with Crippen molar-refractivity contribution >= 4 is 45.8 Å². The van der Waals surface area contributed by atoms with Gasteiger partial charge in [0.25, 0.3) is 0 Å². The molecule has 12 aliphatic rings.